The summed E-state index contributed by atoms with van der Waals surface area (Å²) < 4.78 is 46.3. The molecule has 162 valence electrons. The summed E-state index contributed by atoms with van der Waals surface area (Å²) in [5, 5.41) is 4.09. The van der Waals surface area contributed by atoms with E-state index in [4.69, 9.17) is 4.74 Å². The van der Waals surface area contributed by atoms with E-state index in [9.17, 15) is 22.4 Å². The summed E-state index contributed by atoms with van der Waals surface area (Å²) in [5.41, 5.74) is 0.0222. The number of nitrogens with one attached hydrogen (secondary N) is 1. The van der Waals surface area contributed by atoms with E-state index in [1.165, 1.54) is 36.4 Å². The number of thiophene rings is 1. The molecular formula is C21H19FN2O5S2. The van der Waals surface area contributed by atoms with E-state index in [0.717, 1.165) is 17.4 Å². The first kappa shape index (κ1) is 22.4. The van der Waals surface area contributed by atoms with Gasteiger partial charge >= 0.3 is 5.97 Å². The average Bonchev–Trinajstić information content (AvgIpc) is 3.29. The minimum absolute atomic E-state index is 0.0320. The van der Waals surface area contributed by atoms with E-state index in [1.807, 2.05) is 0 Å². The molecule has 0 saturated heterocycles. The maximum atomic E-state index is 14.4. The predicted octanol–water partition coefficient (Wildman–Crippen LogP) is 3.90. The van der Waals surface area contributed by atoms with Gasteiger partial charge in [-0.25, -0.2) is 17.6 Å². The zero-order valence-electron chi connectivity index (χ0n) is 16.4. The van der Waals surface area contributed by atoms with Gasteiger partial charge in [0.1, 0.15) is 16.6 Å². The Morgan fingerprint density at radius 1 is 1.06 bits per heavy atom. The average molecular weight is 463 g/mol. The first-order chi connectivity index (χ1) is 14.8. The van der Waals surface area contributed by atoms with Crippen molar-refractivity contribution in [2.45, 2.75) is 11.1 Å². The molecule has 1 aromatic heterocycles. The Bertz CT molecular complexity index is 1180. The van der Waals surface area contributed by atoms with Crippen LogP contribution in [0, 0.1) is 5.82 Å². The summed E-state index contributed by atoms with van der Waals surface area (Å²) in [6.45, 7) is 1.11. The van der Waals surface area contributed by atoms with E-state index in [2.05, 4.69) is 5.32 Å². The molecule has 0 radical (unpaired) electrons. The summed E-state index contributed by atoms with van der Waals surface area (Å²) in [4.78, 5) is 24.9. The molecule has 3 rings (SSSR count). The summed E-state index contributed by atoms with van der Waals surface area (Å²) >= 11 is 0.957. The number of benzene rings is 2. The highest BCUT2D eigenvalue weighted by molar-refractivity contribution is 7.94. The molecule has 0 aliphatic rings. The quantitative estimate of drug-likeness (QED) is 0.513. The molecular weight excluding hydrogens is 443 g/mol. The smallest absolute Gasteiger partial charge is 0.340 e. The van der Waals surface area contributed by atoms with Crippen LogP contribution in [0.15, 0.2) is 70.3 Å². The fourth-order valence-electron chi connectivity index (χ4n) is 2.77. The molecule has 0 bridgehead atoms. The minimum Gasteiger partial charge on any atom is -0.462 e. The highest BCUT2D eigenvalue weighted by Gasteiger charge is 2.30. The second-order valence-electron chi connectivity index (χ2n) is 6.21. The van der Waals surface area contributed by atoms with Crippen molar-refractivity contribution in [2.75, 3.05) is 22.8 Å². The molecule has 3 aromatic rings. The molecule has 0 atom stereocenters. The summed E-state index contributed by atoms with van der Waals surface area (Å²) in [7, 11) is -4.20. The first-order valence-electron chi connectivity index (χ1n) is 9.21. The highest BCUT2D eigenvalue weighted by Crippen LogP contribution is 2.28. The third-order valence-electron chi connectivity index (χ3n) is 4.14. The predicted molar refractivity (Wildman–Crippen MR) is 116 cm³/mol. The number of amides is 1. The normalized spacial score (nSPS) is 11.0. The van der Waals surface area contributed by atoms with Gasteiger partial charge in [-0.2, -0.15) is 0 Å². The van der Waals surface area contributed by atoms with Crippen molar-refractivity contribution >= 4 is 44.6 Å². The molecule has 1 N–H and O–H groups in total. The Labute approximate surface area is 183 Å². The fourth-order valence-corrected chi connectivity index (χ4v) is 5.30. The van der Waals surface area contributed by atoms with Crippen molar-refractivity contribution in [1.82, 2.24) is 0 Å². The van der Waals surface area contributed by atoms with Gasteiger partial charge in [0.15, 0.2) is 0 Å². The highest BCUT2D eigenvalue weighted by atomic mass is 32.2. The molecule has 10 heteroatoms. The van der Waals surface area contributed by atoms with E-state index in [0.29, 0.717) is 4.31 Å². The maximum Gasteiger partial charge on any atom is 0.340 e. The largest absolute Gasteiger partial charge is 0.462 e. The number of anilines is 2. The van der Waals surface area contributed by atoms with Gasteiger partial charge in [-0.15, -0.1) is 11.3 Å². The third kappa shape index (κ3) is 5.09. The zero-order valence-corrected chi connectivity index (χ0v) is 18.1. The van der Waals surface area contributed by atoms with E-state index >= 15 is 0 Å². The molecule has 2 aromatic carbocycles. The van der Waals surface area contributed by atoms with Crippen molar-refractivity contribution in [1.29, 1.82) is 0 Å². The minimum atomic E-state index is -4.20. The maximum absolute atomic E-state index is 14.4. The first-order valence-corrected chi connectivity index (χ1v) is 11.5. The fraction of sp³-hybridized carbons (Fsp3) is 0.143. The molecule has 0 aliphatic heterocycles. The lowest BCUT2D eigenvalue weighted by Crippen LogP contribution is -2.38. The lowest BCUT2D eigenvalue weighted by Gasteiger charge is -2.24. The van der Waals surface area contributed by atoms with Crippen LogP contribution in [0.3, 0.4) is 0 Å². The van der Waals surface area contributed by atoms with Crippen LogP contribution in [0.1, 0.15) is 17.3 Å². The lowest BCUT2D eigenvalue weighted by atomic mass is 10.2. The Hall–Kier alpha value is -3.24. The van der Waals surface area contributed by atoms with E-state index in [-0.39, 0.29) is 27.8 Å². The van der Waals surface area contributed by atoms with Gasteiger partial charge in [0.25, 0.3) is 10.0 Å². The van der Waals surface area contributed by atoms with Crippen LogP contribution in [0.5, 0.6) is 0 Å². The van der Waals surface area contributed by atoms with E-state index in [1.54, 1.807) is 30.5 Å². The van der Waals surface area contributed by atoms with Crippen LogP contribution in [0.2, 0.25) is 0 Å². The number of nitrogens with zero attached hydrogens (tertiary/aromatic N) is 1. The summed E-state index contributed by atoms with van der Waals surface area (Å²) in [6, 6.07) is 14.4. The number of sulfonamides is 1. The van der Waals surface area contributed by atoms with Gasteiger partial charge in [-0.1, -0.05) is 30.3 Å². The van der Waals surface area contributed by atoms with Crippen LogP contribution in [0.25, 0.3) is 0 Å². The van der Waals surface area contributed by atoms with E-state index < -0.39 is 34.3 Å². The molecule has 1 amide bonds. The lowest BCUT2D eigenvalue weighted by molar-refractivity contribution is -0.114. The number of carbonyl (C=O) groups is 2. The van der Waals surface area contributed by atoms with Crippen molar-refractivity contribution in [3.63, 3.8) is 0 Å². The number of esters is 1. The molecule has 0 aliphatic carbocycles. The Kier molecular flexibility index (Phi) is 7.03. The Morgan fingerprint density at radius 2 is 1.77 bits per heavy atom. The van der Waals surface area contributed by atoms with Crippen LogP contribution < -0.4 is 9.62 Å². The second-order valence-corrected chi connectivity index (χ2v) is 9.25. The van der Waals surface area contributed by atoms with Crippen molar-refractivity contribution in [3.8, 4) is 0 Å². The molecule has 0 fully saturated rings. The van der Waals surface area contributed by atoms with Crippen molar-refractivity contribution in [3.05, 3.63) is 77.4 Å². The number of ether oxygens (including phenoxy) is 1. The molecule has 31 heavy (non-hydrogen) atoms. The Morgan fingerprint density at radius 3 is 2.45 bits per heavy atom. The standard InChI is InChI=1S/C21H19FN2O5S2/c1-2-29-21(26)15-8-3-5-10-17(15)23-19(25)14-24(18-11-6-4-9-16(18)22)31(27,28)20-12-7-13-30-20/h3-13H,2,14H2,1H3,(H,23,25). The number of carbonyl (C=O) groups excluding carboxylic acids is 2. The molecule has 0 spiro atoms. The van der Waals surface area contributed by atoms with Crippen molar-refractivity contribution in [2.24, 2.45) is 0 Å². The van der Waals surface area contributed by atoms with Crippen LogP contribution in [0.4, 0.5) is 15.8 Å². The third-order valence-corrected chi connectivity index (χ3v) is 7.28. The SMILES string of the molecule is CCOC(=O)c1ccccc1NC(=O)CN(c1ccccc1F)S(=O)(=O)c1cccs1. The van der Waals surface area contributed by atoms with Gasteiger partial charge in [0.05, 0.1) is 23.5 Å². The van der Waals surface area contributed by atoms with Gasteiger partial charge in [-0.3, -0.25) is 9.10 Å². The van der Waals surface area contributed by atoms with Gasteiger partial charge in [0, 0.05) is 0 Å². The number of hydrogen-bond acceptors (Lipinski definition) is 6. The van der Waals surface area contributed by atoms with Gasteiger partial charge in [-0.05, 0) is 42.6 Å². The second kappa shape index (κ2) is 9.71. The molecule has 0 saturated carbocycles. The number of para-hydroxylation sites is 2. The van der Waals surface area contributed by atoms with Crippen molar-refractivity contribution < 1.29 is 27.1 Å². The van der Waals surface area contributed by atoms with Crippen LogP contribution in [-0.4, -0.2) is 33.4 Å². The number of rotatable bonds is 8. The van der Waals surface area contributed by atoms with Crippen LogP contribution >= 0.6 is 11.3 Å². The zero-order chi connectivity index (χ0) is 22.4. The van der Waals surface area contributed by atoms with Crippen LogP contribution in [-0.2, 0) is 19.6 Å². The van der Waals surface area contributed by atoms with Gasteiger partial charge in [0.2, 0.25) is 5.91 Å². The molecule has 7 nitrogen and oxygen atoms in total. The monoisotopic (exact) mass is 462 g/mol. The Balaban J connectivity index is 1.92. The topological polar surface area (TPSA) is 92.8 Å². The molecule has 0 unspecified atom stereocenters. The summed E-state index contributed by atoms with van der Waals surface area (Å²) in [6.07, 6.45) is 0. The molecule has 1 heterocycles. The van der Waals surface area contributed by atoms with Gasteiger partial charge < -0.3 is 10.1 Å². The number of hydrogen-bond donors (Lipinski definition) is 1. The summed E-state index contributed by atoms with van der Waals surface area (Å²) in [5.74, 6) is -2.17. The number of halogens is 1.